The molecular formula is C13H19Cl2NO2. The molecule has 0 aromatic heterocycles. The van der Waals surface area contributed by atoms with Gasteiger partial charge in [0.1, 0.15) is 0 Å². The van der Waals surface area contributed by atoms with Crippen LogP contribution in [0.5, 0.6) is 0 Å². The fourth-order valence-corrected chi connectivity index (χ4v) is 2.39. The van der Waals surface area contributed by atoms with Gasteiger partial charge in [-0.1, -0.05) is 29.3 Å². The summed E-state index contributed by atoms with van der Waals surface area (Å²) in [7, 11) is 0. The number of ether oxygens (including phenoxy) is 1. The molecule has 1 aromatic carbocycles. The molecule has 3 nitrogen and oxygen atoms in total. The lowest BCUT2D eigenvalue weighted by Crippen LogP contribution is -2.27. The summed E-state index contributed by atoms with van der Waals surface area (Å²) in [4.78, 5) is 0. The normalized spacial score (nSPS) is 14.5. The van der Waals surface area contributed by atoms with Crippen LogP contribution in [0.1, 0.15) is 24.8 Å². The van der Waals surface area contributed by atoms with Gasteiger partial charge in [0.15, 0.2) is 0 Å². The molecule has 1 rings (SSSR count). The Labute approximate surface area is 118 Å². The second-order valence-corrected chi connectivity index (χ2v) is 4.90. The van der Waals surface area contributed by atoms with Gasteiger partial charge in [0.25, 0.3) is 0 Å². The average molecular weight is 292 g/mol. The van der Waals surface area contributed by atoms with Crippen LogP contribution in [0.2, 0.25) is 10.0 Å². The third-order valence-corrected chi connectivity index (χ3v) is 3.40. The average Bonchev–Trinajstić information content (AvgIpc) is 2.33. The monoisotopic (exact) mass is 291 g/mol. The third-order valence-electron chi connectivity index (χ3n) is 2.84. The van der Waals surface area contributed by atoms with Crippen LogP contribution in [0.15, 0.2) is 18.2 Å². The highest BCUT2D eigenvalue weighted by Gasteiger charge is 2.21. The van der Waals surface area contributed by atoms with Crippen LogP contribution in [-0.2, 0) is 4.74 Å². The minimum atomic E-state index is -0.569. The van der Waals surface area contributed by atoms with Crippen molar-refractivity contribution in [1.82, 2.24) is 0 Å². The molecule has 0 saturated heterocycles. The summed E-state index contributed by atoms with van der Waals surface area (Å²) in [6.45, 7) is 3.40. The van der Waals surface area contributed by atoms with Gasteiger partial charge in [0.05, 0.1) is 6.10 Å². The summed E-state index contributed by atoms with van der Waals surface area (Å²) in [5, 5.41) is 11.2. The van der Waals surface area contributed by atoms with E-state index in [1.54, 1.807) is 12.1 Å². The van der Waals surface area contributed by atoms with Crippen molar-refractivity contribution in [3.8, 4) is 0 Å². The molecule has 102 valence electrons. The van der Waals surface area contributed by atoms with Crippen LogP contribution in [-0.4, -0.2) is 31.0 Å². The molecule has 0 aliphatic heterocycles. The SMILES string of the molecule is CCOCCC(O)C(CN)c1ccc(Cl)cc1Cl. The van der Waals surface area contributed by atoms with E-state index in [9.17, 15) is 5.11 Å². The quantitative estimate of drug-likeness (QED) is 0.760. The smallest absolute Gasteiger partial charge is 0.0643 e. The predicted molar refractivity (Wildman–Crippen MR) is 75.4 cm³/mol. The number of benzene rings is 1. The molecule has 0 radical (unpaired) electrons. The lowest BCUT2D eigenvalue weighted by molar-refractivity contribution is 0.0752. The fourth-order valence-electron chi connectivity index (χ4n) is 1.84. The molecule has 1 aromatic rings. The van der Waals surface area contributed by atoms with Crippen molar-refractivity contribution < 1.29 is 9.84 Å². The van der Waals surface area contributed by atoms with Gasteiger partial charge in [-0.15, -0.1) is 0 Å². The molecule has 0 aliphatic carbocycles. The highest BCUT2D eigenvalue weighted by molar-refractivity contribution is 6.35. The van der Waals surface area contributed by atoms with Crippen molar-refractivity contribution in [2.24, 2.45) is 5.73 Å². The highest BCUT2D eigenvalue weighted by atomic mass is 35.5. The van der Waals surface area contributed by atoms with E-state index in [-0.39, 0.29) is 5.92 Å². The Morgan fingerprint density at radius 3 is 2.67 bits per heavy atom. The highest BCUT2D eigenvalue weighted by Crippen LogP contribution is 2.30. The van der Waals surface area contributed by atoms with Crippen molar-refractivity contribution in [3.63, 3.8) is 0 Å². The van der Waals surface area contributed by atoms with Crippen molar-refractivity contribution >= 4 is 23.2 Å². The zero-order valence-electron chi connectivity index (χ0n) is 10.4. The second kappa shape index (κ2) is 7.97. The van der Waals surface area contributed by atoms with Crippen LogP contribution < -0.4 is 5.73 Å². The Bertz CT molecular complexity index is 374. The minimum Gasteiger partial charge on any atom is -0.392 e. The first-order chi connectivity index (χ1) is 8.60. The van der Waals surface area contributed by atoms with Gasteiger partial charge in [-0.25, -0.2) is 0 Å². The standard InChI is InChI=1S/C13H19Cl2NO2/c1-2-18-6-5-13(17)11(8-16)10-4-3-9(14)7-12(10)15/h3-4,7,11,13,17H,2,5-6,8,16H2,1H3. The van der Waals surface area contributed by atoms with Crippen LogP contribution in [0, 0.1) is 0 Å². The van der Waals surface area contributed by atoms with Crippen LogP contribution in [0.4, 0.5) is 0 Å². The lowest BCUT2D eigenvalue weighted by Gasteiger charge is -2.23. The number of hydrogen-bond donors (Lipinski definition) is 2. The zero-order chi connectivity index (χ0) is 13.5. The van der Waals surface area contributed by atoms with E-state index in [0.717, 1.165) is 5.56 Å². The Kier molecular flexibility index (Phi) is 6.97. The molecule has 0 aliphatic rings. The number of aliphatic hydroxyl groups excluding tert-OH is 1. The molecular weight excluding hydrogens is 273 g/mol. The summed E-state index contributed by atoms with van der Waals surface area (Å²) in [5.74, 6) is -0.199. The minimum absolute atomic E-state index is 0.199. The number of rotatable bonds is 7. The first-order valence-corrected chi connectivity index (χ1v) is 6.76. The maximum Gasteiger partial charge on any atom is 0.0643 e. The van der Waals surface area contributed by atoms with Gasteiger partial charge in [-0.2, -0.15) is 0 Å². The van der Waals surface area contributed by atoms with Crippen molar-refractivity contribution in [2.75, 3.05) is 19.8 Å². The van der Waals surface area contributed by atoms with Crippen LogP contribution in [0.3, 0.4) is 0 Å². The molecule has 0 bridgehead atoms. The third kappa shape index (κ3) is 4.41. The van der Waals surface area contributed by atoms with Gasteiger partial charge >= 0.3 is 0 Å². The number of hydrogen-bond acceptors (Lipinski definition) is 3. The number of nitrogens with two attached hydrogens (primary N) is 1. The van der Waals surface area contributed by atoms with E-state index < -0.39 is 6.10 Å². The maximum absolute atomic E-state index is 10.1. The maximum atomic E-state index is 10.1. The summed E-state index contributed by atoms with van der Waals surface area (Å²) >= 11 is 12.0. The van der Waals surface area contributed by atoms with E-state index in [4.69, 9.17) is 33.7 Å². The first kappa shape index (κ1) is 15.7. The zero-order valence-corrected chi connectivity index (χ0v) is 11.9. The molecule has 0 spiro atoms. The molecule has 0 heterocycles. The lowest BCUT2D eigenvalue weighted by atomic mass is 9.92. The fraction of sp³-hybridized carbons (Fsp3) is 0.538. The summed E-state index contributed by atoms with van der Waals surface area (Å²) < 4.78 is 5.23. The van der Waals surface area contributed by atoms with E-state index in [2.05, 4.69) is 0 Å². The van der Waals surface area contributed by atoms with Gasteiger partial charge in [0.2, 0.25) is 0 Å². The van der Waals surface area contributed by atoms with Crippen molar-refractivity contribution in [1.29, 1.82) is 0 Å². The molecule has 0 amide bonds. The van der Waals surface area contributed by atoms with Crippen LogP contribution >= 0.6 is 23.2 Å². The Morgan fingerprint density at radius 2 is 2.11 bits per heavy atom. The van der Waals surface area contributed by atoms with Gasteiger partial charge < -0.3 is 15.6 Å². The van der Waals surface area contributed by atoms with E-state index in [1.807, 2.05) is 13.0 Å². The molecule has 0 saturated carbocycles. The summed E-state index contributed by atoms with van der Waals surface area (Å²) in [6, 6.07) is 5.23. The van der Waals surface area contributed by atoms with Gasteiger partial charge in [-0.05, 0) is 31.0 Å². The number of halogens is 2. The molecule has 2 atom stereocenters. The molecule has 3 N–H and O–H groups in total. The largest absolute Gasteiger partial charge is 0.392 e. The van der Waals surface area contributed by atoms with Gasteiger partial charge in [0, 0.05) is 35.7 Å². The Morgan fingerprint density at radius 1 is 1.39 bits per heavy atom. The second-order valence-electron chi connectivity index (χ2n) is 4.06. The molecule has 5 heteroatoms. The first-order valence-electron chi connectivity index (χ1n) is 6.01. The Balaban J connectivity index is 2.75. The summed E-state index contributed by atoms with van der Waals surface area (Å²) in [6.07, 6.45) is -0.0329. The topological polar surface area (TPSA) is 55.5 Å². The predicted octanol–water partition coefficient (Wildman–Crippen LogP) is 2.82. The molecule has 0 fully saturated rings. The molecule has 2 unspecified atom stereocenters. The molecule has 18 heavy (non-hydrogen) atoms. The van der Waals surface area contributed by atoms with E-state index in [1.165, 1.54) is 0 Å². The Hall–Kier alpha value is -0.320. The van der Waals surface area contributed by atoms with Crippen molar-refractivity contribution in [3.05, 3.63) is 33.8 Å². The van der Waals surface area contributed by atoms with Crippen molar-refractivity contribution in [2.45, 2.75) is 25.4 Å². The van der Waals surface area contributed by atoms with Gasteiger partial charge in [-0.3, -0.25) is 0 Å². The van der Waals surface area contributed by atoms with E-state index in [0.29, 0.717) is 36.2 Å². The number of aliphatic hydroxyl groups is 1. The summed E-state index contributed by atoms with van der Waals surface area (Å²) in [5.41, 5.74) is 6.55. The van der Waals surface area contributed by atoms with Crippen LogP contribution in [0.25, 0.3) is 0 Å². The van der Waals surface area contributed by atoms with E-state index >= 15 is 0 Å².